The molecule has 1 aromatic heterocycles. The normalized spacial score (nSPS) is 23.9. The molecule has 0 aliphatic carbocycles. The summed E-state index contributed by atoms with van der Waals surface area (Å²) in [6.45, 7) is 9.69. The summed E-state index contributed by atoms with van der Waals surface area (Å²) < 4.78 is 37.2. The quantitative estimate of drug-likeness (QED) is 0.792. The third kappa shape index (κ3) is 4.71. The molecule has 1 aromatic rings. The van der Waals surface area contributed by atoms with E-state index in [4.69, 9.17) is 9.15 Å². The van der Waals surface area contributed by atoms with Gasteiger partial charge >= 0.3 is 0 Å². The van der Waals surface area contributed by atoms with E-state index >= 15 is 0 Å². The number of piperidine rings is 1. The Hall–Kier alpha value is -1.42. The number of rotatable bonds is 4. The minimum atomic E-state index is -3.75. The van der Waals surface area contributed by atoms with Crippen LogP contribution in [0.25, 0.3) is 0 Å². The van der Waals surface area contributed by atoms with Crippen LogP contribution in [0, 0.1) is 0 Å². The van der Waals surface area contributed by atoms with Crippen molar-refractivity contribution in [1.82, 2.24) is 14.9 Å². The van der Waals surface area contributed by atoms with Crippen LogP contribution in [0.5, 0.6) is 0 Å². The topological polar surface area (TPSA) is 101 Å². The van der Waals surface area contributed by atoms with Crippen molar-refractivity contribution in [2.45, 2.75) is 62.7 Å². The fourth-order valence-corrected chi connectivity index (χ4v) is 5.50. The first-order chi connectivity index (χ1) is 12.5. The third-order valence-electron chi connectivity index (χ3n) is 4.89. The van der Waals surface area contributed by atoms with Crippen molar-refractivity contribution in [3.8, 4) is 0 Å². The highest BCUT2D eigenvalue weighted by Crippen LogP contribution is 2.29. The number of nitrogens with zero attached hydrogens (tertiary/aromatic N) is 1. The van der Waals surface area contributed by atoms with Gasteiger partial charge in [0.05, 0.1) is 13.2 Å². The highest BCUT2D eigenvalue weighted by Gasteiger charge is 2.38. The summed E-state index contributed by atoms with van der Waals surface area (Å²) in [4.78, 5) is 12.6. The maximum Gasteiger partial charge on any atom is 0.287 e. The van der Waals surface area contributed by atoms with E-state index in [-0.39, 0.29) is 41.1 Å². The number of sulfonamides is 1. The van der Waals surface area contributed by atoms with Crippen LogP contribution >= 0.6 is 0 Å². The molecule has 0 saturated carbocycles. The van der Waals surface area contributed by atoms with E-state index in [1.807, 2.05) is 0 Å². The smallest absolute Gasteiger partial charge is 0.287 e. The summed E-state index contributed by atoms with van der Waals surface area (Å²) >= 11 is 0. The van der Waals surface area contributed by atoms with Crippen molar-refractivity contribution in [2.75, 3.05) is 26.3 Å². The van der Waals surface area contributed by atoms with Crippen molar-refractivity contribution in [2.24, 2.45) is 0 Å². The number of ether oxygens (including phenoxy) is 1. The van der Waals surface area contributed by atoms with E-state index in [1.165, 1.54) is 16.4 Å². The summed E-state index contributed by atoms with van der Waals surface area (Å²) in [5.41, 5.74) is -0.207. The number of hydrogen-bond acceptors (Lipinski definition) is 6. The summed E-state index contributed by atoms with van der Waals surface area (Å²) in [6, 6.07) is 2.74. The molecule has 0 bridgehead atoms. The Morgan fingerprint density at radius 2 is 1.74 bits per heavy atom. The molecular weight excluding hydrogens is 370 g/mol. The Labute approximate surface area is 160 Å². The number of nitrogens with one attached hydrogen (secondary N) is 2. The van der Waals surface area contributed by atoms with E-state index in [0.29, 0.717) is 13.2 Å². The lowest BCUT2D eigenvalue weighted by Gasteiger charge is -2.46. The number of hydrogen-bond donors (Lipinski definition) is 2. The molecule has 0 unspecified atom stereocenters. The van der Waals surface area contributed by atoms with Crippen LogP contribution in [-0.4, -0.2) is 62.1 Å². The Kier molecular flexibility index (Phi) is 5.42. The van der Waals surface area contributed by atoms with Crippen molar-refractivity contribution < 1.29 is 22.4 Å². The van der Waals surface area contributed by atoms with Gasteiger partial charge in [-0.15, -0.1) is 0 Å². The van der Waals surface area contributed by atoms with Crippen molar-refractivity contribution >= 4 is 15.9 Å². The van der Waals surface area contributed by atoms with Crippen LogP contribution in [0.2, 0.25) is 0 Å². The zero-order valence-corrected chi connectivity index (χ0v) is 17.2. The summed E-state index contributed by atoms with van der Waals surface area (Å²) in [5, 5.41) is 6.35. The highest BCUT2D eigenvalue weighted by molar-refractivity contribution is 7.89. The monoisotopic (exact) mass is 399 g/mol. The molecule has 2 aliphatic heterocycles. The second-order valence-electron chi connectivity index (χ2n) is 8.61. The maximum absolute atomic E-state index is 12.6. The molecule has 27 heavy (non-hydrogen) atoms. The first-order valence-electron chi connectivity index (χ1n) is 9.27. The van der Waals surface area contributed by atoms with E-state index in [9.17, 15) is 13.2 Å². The lowest BCUT2D eigenvalue weighted by atomic mass is 9.79. The molecule has 1 amide bonds. The molecule has 0 radical (unpaired) electrons. The summed E-state index contributed by atoms with van der Waals surface area (Å²) in [6.07, 6.45) is 1.56. The molecule has 0 atom stereocenters. The number of morpholine rings is 1. The molecule has 0 spiro atoms. The number of carbonyl (C=O) groups excluding carboxylic acids is 1. The van der Waals surface area contributed by atoms with Gasteiger partial charge in [-0.1, -0.05) is 0 Å². The predicted octanol–water partition coefficient (Wildman–Crippen LogP) is 1.34. The van der Waals surface area contributed by atoms with Gasteiger partial charge in [0.1, 0.15) is 0 Å². The average molecular weight is 400 g/mol. The maximum atomic E-state index is 12.6. The highest BCUT2D eigenvalue weighted by atomic mass is 32.2. The fraction of sp³-hybridized carbons (Fsp3) is 0.722. The van der Waals surface area contributed by atoms with Crippen LogP contribution in [0.1, 0.15) is 51.1 Å². The van der Waals surface area contributed by atoms with Gasteiger partial charge in [-0.25, -0.2) is 8.42 Å². The molecule has 2 fully saturated rings. The van der Waals surface area contributed by atoms with Crippen LogP contribution in [0.15, 0.2) is 21.6 Å². The van der Waals surface area contributed by atoms with Crippen LogP contribution in [-0.2, 0) is 14.8 Å². The van der Waals surface area contributed by atoms with Crippen molar-refractivity contribution in [3.63, 3.8) is 0 Å². The first kappa shape index (κ1) is 20.3. The average Bonchev–Trinajstić information content (AvgIpc) is 3.03. The standard InChI is InChI=1S/C18H29N3O5S/c1-17(2)11-13(12-18(3,4)20-17)19-16(22)14-5-6-15(26-14)27(23,24)21-7-9-25-10-8-21/h5-6,13,20H,7-12H2,1-4H3,(H,19,22). The van der Waals surface area contributed by atoms with Gasteiger partial charge in [-0.3, -0.25) is 4.79 Å². The number of furan rings is 1. The largest absolute Gasteiger partial charge is 0.438 e. The second kappa shape index (κ2) is 7.20. The van der Waals surface area contributed by atoms with Crippen LogP contribution in [0.3, 0.4) is 0 Å². The molecule has 152 valence electrons. The molecule has 2 saturated heterocycles. The molecule has 9 heteroatoms. The Morgan fingerprint density at radius 3 is 2.33 bits per heavy atom. The number of carbonyl (C=O) groups is 1. The predicted molar refractivity (Wildman–Crippen MR) is 100 cm³/mol. The van der Waals surface area contributed by atoms with Crippen LogP contribution in [0.4, 0.5) is 0 Å². The summed E-state index contributed by atoms with van der Waals surface area (Å²) in [7, 11) is -3.75. The van der Waals surface area contributed by atoms with Gasteiger partial charge in [0.2, 0.25) is 5.09 Å². The Morgan fingerprint density at radius 1 is 1.15 bits per heavy atom. The van der Waals surface area contributed by atoms with Gasteiger partial charge in [-0.05, 0) is 52.7 Å². The van der Waals surface area contributed by atoms with E-state index < -0.39 is 15.9 Å². The SMILES string of the molecule is CC1(C)CC(NC(=O)c2ccc(S(=O)(=O)N3CCOCC3)o2)CC(C)(C)N1. The van der Waals surface area contributed by atoms with Gasteiger partial charge in [-0.2, -0.15) is 4.31 Å². The lowest BCUT2D eigenvalue weighted by molar-refractivity contribution is 0.0721. The molecular formula is C18H29N3O5S. The minimum absolute atomic E-state index is 0.0102. The minimum Gasteiger partial charge on any atom is -0.438 e. The van der Waals surface area contributed by atoms with E-state index in [2.05, 4.69) is 38.3 Å². The first-order valence-corrected chi connectivity index (χ1v) is 10.7. The number of amides is 1. The van der Waals surface area contributed by atoms with Crippen LogP contribution < -0.4 is 10.6 Å². The van der Waals surface area contributed by atoms with Gasteiger partial charge in [0.15, 0.2) is 5.76 Å². The third-order valence-corrected chi connectivity index (χ3v) is 6.67. The Balaban J connectivity index is 1.70. The van der Waals surface area contributed by atoms with Gasteiger partial charge < -0.3 is 19.8 Å². The van der Waals surface area contributed by atoms with Crippen molar-refractivity contribution in [1.29, 1.82) is 0 Å². The summed E-state index contributed by atoms with van der Waals surface area (Å²) in [5.74, 6) is -0.382. The van der Waals surface area contributed by atoms with Gasteiger partial charge in [0.25, 0.3) is 15.9 Å². The molecule has 3 rings (SSSR count). The zero-order chi connectivity index (χ0) is 19.9. The molecule has 3 heterocycles. The van der Waals surface area contributed by atoms with E-state index in [1.54, 1.807) is 0 Å². The Bertz CT molecular complexity index is 778. The zero-order valence-electron chi connectivity index (χ0n) is 16.4. The molecule has 8 nitrogen and oxygen atoms in total. The molecule has 2 aliphatic rings. The second-order valence-corrected chi connectivity index (χ2v) is 10.5. The fourth-order valence-electron chi connectivity index (χ4n) is 4.18. The lowest BCUT2D eigenvalue weighted by Crippen LogP contribution is -2.62. The van der Waals surface area contributed by atoms with Crippen molar-refractivity contribution in [3.05, 3.63) is 17.9 Å². The van der Waals surface area contributed by atoms with E-state index in [0.717, 1.165) is 12.8 Å². The molecule has 0 aromatic carbocycles. The van der Waals surface area contributed by atoms with Gasteiger partial charge in [0, 0.05) is 30.2 Å². The molecule has 2 N–H and O–H groups in total.